The van der Waals surface area contributed by atoms with Crippen molar-refractivity contribution in [2.75, 3.05) is 6.61 Å². The van der Waals surface area contributed by atoms with Crippen LogP contribution < -0.4 is 8.85 Å². The lowest BCUT2D eigenvalue weighted by Gasteiger charge is -2.39. The van der Waals surface area contributed by atoms with Crippen molar-refractivity contribution in [3.8, 4) is 11.5 Å². The average molecular weight is 545 g/mol. The highest BCUT2D eigenvalue weighted by Crippen LogP contribution is 2.43. The van der Waals surface area contributed by atoms with Crippen molar-refractivity contribution < 1.29 is 23.1 Å². The zero-order chi connectivity index (χ0) is 28.1. The predicted octanol–water partition coefficient (Wildman–Crippen LogP) is 8.15. The van der Waals surface area contributed by atoms with Gasteiger partial charge in [0.25, 0.3) is 16.6 Å². The molecule has 0 aliphatic heterocycles. The zero-order valence-electron chi connectivity index (χ0n) is 24.9. The summed E-state index contributed by atoms with van der Waals surface area (Å²) in [6.07, 6.45) is 0.136. The molecule has 0 aliphatic carbocycles. The molecule has 0 N–H and O–H groups in total. The molecule has 0 heterocycles. The van der Waals surface area contributed by atoms with Crippen LogP contribution in [0.2, 0.25) is 36.3 Å². The Kier molecular flexibility index (Phi) is 10.2. The average Bonchev–Trinajstić information content (AvgIpc) is 2.74. The summed E-state index contributed by atoms with van der Waals surface area (Å²) < 4.78 is 25.1. The van der Waals surface area contributed by atoms with Crippen LogP contribution >= 0.6 is 0 Å². The monoisotopic (exact) mass is 544 g/mol. The molecule has 0 radical (unpaired) electrons. The molecule has 7 heteroatoms. The number of hydrogen-bond acceptors (Lipinski definition) is 5. The van der Waals surface area contributed by atoms with E-state index in [2.05, 4.69) is 79.9 Å². The van der Waals surface area contributed by atoms with Crippen LogP contribution in [0.5, 0.6) is 11.5 Å². The normalized spacial score (nSPS) is 13.7. The van der Waals surface area contributed by atoms with Crippen LogP contribution in [0.25, 0.3) is 0 Å². The minimum atomic E-state index is -2.12. The summed E-state index contributed by atoms with van der Waals surface area (Å²) in [6.45, 7) is 24.6. The Morgan fingerprint density at radius 3 is 1.84 bits per heavy atom. The van der Waals surface area contributed by atoms with Crippen LogP contribution in [0.3, 0.4) is 0 Å². The second-order valence-corrected chi connectivity index (χ2v) is 22.4. The summed E-state index contributed by atoms with van der Waals surface area (Å²) in [4.78, 5) is 11.8. The first-order chi connectivity index (χ1) is 16.9. The minimum absolute atomic E-state index is 0.0444. The number of esters is 1. The third-order valence-electron chi connectivity index (χ3n) is 7.56. The summed E-state index contributed by atoms with van der Waals surface area (Å²) in [6, 6.07) is 16.1. The fraction of sp³-hybridized carbons (Fsp3) is 0.567. The van der Waals surface area contributed by atoms with Gasteiger partial charge in [0.15, 0.2) is 0 Å². The molecule has 0 saturated heterocycles. The van der Waals surface area contributed by atoms with E-state index in [4.69, 9.17) is 18.3 Å². The van der Waals surface area contributed by atoms with E-state index in [1.165, 1.54) is 6.92 Å². The first-order valence-electron chi connectivity index (χ1n) is 13.2. The van der Waals surface area contributed by atoms with Crippen molar-refractivity contribution in [1.29, 1.82) is 0 Å². The smallest absolute Gasteiger partial charge is 0.302 e. The van der Waals surface area contributed by atoms with Crippen LogP contribution in [0, 0.1) is 0 Å². The third kappa shape index (κ3) is 9.30. The standard InChI is InChI=1S/C30H48O5Si2/c1-23(31)33-26(22-32-21-24-15-13-12-14-16-24)19-25-17-18-27(34-36(8,9)29(2,3)4)28(20-25)35-37(10,11)30(5,6)7/h12-18,20,26H,19,21-22H2,1-11H3/t26-/m0/s1. The van der Waals surface area contributed by atoms with E-state index in [0.29, 0.717) is 19.6 Å². The van der Waals surface area contributed by atoms with Crippen molar-refractivity contribution in [1.82, 2.24) is 0 Å². The minimum Gasteiger partial charge on any atom is -0.541 e. The van der Waals surface area contributed by atoms with Crippen LogP contribution in [0.4, 0.5) is 0 Å². The van der Waals surface area contributed by atoms with E-state index >= 15 is 0 Å². The number of ether oxygens (including phenoxy) is 2. The van der Waals surface area contributed by atoms with Gasteiger partial charge in [0.2, 0.25) is 0 Å². The maximum absolute atomic E-state index is 11.8. The van der Waals surface area contributed by atoms with Gasteiger partial charge in [-0.05, 0) is 59.5 Å². The molecule has 2 aromatic rings. The van der Waals surface area contributed by atoms with Crippen LogP contribution in [-0.2, 0) is 27.3 Å². The van der Waals surface area contributed by atoms with Crippen LogP contribution in [0.1, 0.15) is 59.6 Å². The van der Waals surface area contributed by atoms with E-state index in [9.17, 15) is 4.79 Å². The van der Waals surface area contributed by atoms with Crippen LogP contribution in [-0.4, -0.2) is 35.3 Å². The molecule has 0 fully saturated rings. The third-order valence-corrected chi connectivity index (χ3v) is 16.2. The molecule has 0 aromatic heterocycles. The molecular weight excluding hydrogens is 496 g/mol. The summed E-state index contributed by atoms with van der Waals surface area (Å²) in [7, 11) is -4.19. The second-order valence-electron chi connectivity index (χ2n) is 12.9. The van der Waals surface area contributed by atoms with E-state index in [1.54, 1.807) is 0 Å². The maximum Gasteiger partial charge on any atom is 0.302 e. The van der Waals surface area contributed by atoms with Gasteiger partial charge in [-0.2, -0.15) is 0 Å². The van der Waals surface area contributed by atoms with Gasteiger partial charge in [0, 0.05) is 13.3 Å². The summed E-state index contributed by atoms with van der Waals surface area (Å²) >= 11 is 0. The van der Waals surface area contributed by atoms with E-state index in [0.717, 1.165) is 22.6 Å². The Balaban J connectivity index is 2.32. The van der Waals surface area contributed by atoms with Gasteiger partial charge in [-0.1, -0.05) is 77.9 Å². The molecule has 0 spiro atoms. The lowest BCUT2D eigenvalue weighted by molar-refractivity contribution is -0.149. The molecule has 5 nitrogen and oxygen atoms in total. The lowest BCUT2D eigenvalue weighted by Crippen LogP contribution is -2.45. The van der Waals surface area contributed by atoms with Gasteiger partial charge in [0.05, 0.1) is 13.2 Å². The van der Waals surface area contributed by atoms with Gasteiger partial charge in [0.1, 0.15) is 17.6 Å². The Bertz CT molecular complexity index is 1020. The van der Waals surface area contributed by atoms with Crippen LogP contribution in [0.15, 0.2) is 48.5 Å². The number of carbonyl (C=O) groups is 1. The topological polar surface area (TPSA) is 54.0 Å². The Morgan fingerprint density at radius 2 is 1.32 bits per heavy atom. The second kappa shape index (κ2) is 12.2. The molecule has 0 aliphatic rings. The predicted molar refractivity (Wildman–Crippen MR) is 157 cm³/mol. The zero-order valence-corrected chi connectivity index (χ0v) is 26.9. The highest BCUT2D eigenvalue weighted by molar-refractivity contribution is 6.75. The van der Waals surface area contributed by atoms with Crippen molar-refractivity contribution >= 4 is 22.6 Å². The highest BCUT2D eigenvalue weighted by Gasteiger charge is 2.42. The largest absolute Gasteiger partial charge is 0.541 e. The number of rotatable bonds is 11. The Hall–Kier alpha value is -2.10. The molecule has 2 rings (SSSR count). The molecule has 0 unspecified atom stereocenters. The fourth-order valence-corrected chi connectivity index (χ4v) is 5.25. The Morgan fingerprint density at radius 1 is 0.784 bits per heavy atom. The van der Waals surface area contributed by atoms with Gasteiger partial charge in [-0.25, -0.2) is 0 Å². The van der Waals surface area contributed by atoms with E-state index in [-0.39, 0.29) is 16.0 Å². The SMILES string of the molecule is CC(=O)O[C@H](COCc1ccccc1)Cc1ccc(O[Si](C)(C)C(C)(C)C)c(O[Si](C)(C)C(C)(C)C)c1. The first-order valence-corrected chi connectivity index (χ1v) is 19.0. The molecular formula is C30H48O5Si2. The maximum atomic E-state index is 11.8. The Labute approximate surface area is 227 Å². The van der Waals surface area contributed by atoms with Crippen molar-refractivity contribution in [2.24, 2.45) is 0 Å². The molecule has 2 aromatic carbocycles. The number of carbonyl (C=O) groups excluding carboxylic acids is 1. The van der Waals surface area contributed by atoms with Gasteiger partial charge >= 0.3 is 5.97 Å². The molecule has 1 atom stereocenters. The van der Waals surface area contributed by atoms with E-state index in [1.807, 2.05) is 36.4 Å². The van der Waals surface area contributed by atoms with Gasteiger partial charge < -0.3 is 18.3 Å². The lowest BCUT2D eigenvalue weighted by atomic mass is 10.1. The highest BCUT2D eigenvalue weighted by atomic mass is 28.4. The number of benzene rings is 2. The first kappa shape index (κ1) is 31.1. The quantitative estimate of drug-likeness (QED) is 0.211. The molecule has 0 amide bonds. The number of hydrogen-bond donors (Lipinski definition) is 0. The molecule has 0 saturated carbocycles. The van der Waals surface area contributed by atoms with Gasteiger partial charge in [-0.3, -0.25) is 4.79 Å². The fourth-order valence-electron chi connectivity index (χ4n) is 3.21. The molecule has 206 valence electrons. The summed E-state index contributed by atoms with van der Waals surface area (Å²) in [5.74, 6) is 1.26. The summed E-state index contributed by atoms with van der Waals surface area (Å²) in [5.41, 5.74) is 2.10. The van der Waals surface area contributed by atoms with Crippen molar-refractivity contribution in [2.45, 2.75) is 104 Å². The molecule has 0 bridgehead atoms. The van der Waals surface area contributed by atoms with E-state index < -0.39 is 22.7 Å². The molecule has 37 heavy (non-hydrogen) atoms. The van der Waals surface area contributed by atoms with Gasteiger partial charge in [-0.15, -0.1) is 0 Å². The van der Waals surface area contributed by atoms with Crippen molar-refractivity contribution in [3.05, 3.63) is 59.7 Å². The summed E-state index contributed by atoms with van der Waals surface area (Å²) in [5, 5.41) is 0.110. The van der Waals surface area contributed by atoms with Crippen molar-refractivity contribution in [3.63, 3.8) is 0 Å².